The third kappa shape index (κ3) is 4.17. The second-order valence-corrected chi connectivity index (χ2v) is 10.4. The number of benzene rings is 1. The number of nitrogens with zero attached hydrogens (tertiary/aromatic N) is 4. The smallest absolute Gasteiger partial charge is 0.256 e. The minimum absolute atomic E-state index is 0.322. The van der Waals surface area contributed by atoms with Crippen molar-refractivity contribution in [1.29, 1.82) is 0 Å². The SMILES string of the molecule is Cc1nc(-c2ccccc2)c(Oc2ccnc(Nc3cnn(S(=O)(=O)C4CC4)c3)c2)s1. The molecule has 0 atom stereocenters. The molecule has 1 aromatic carbocycles. The molecule has 1 aliphatic rings. The van der Waals surface area contributed by atoms with Crippen molar-refractivity contribution in [2.45, 2.75) is 25.0 Å². The van der Waals surface area contributed by atoms with Crippen molar-refractivity contribution in [2.24, 2.45) is 0 Å². The van der Waals surface area contributed by atoms with Crippen LogP contribution in [-0.2, 0) is 10.0 Å². The van der Waals surface area contributed by atoms with E-state index >= 15 is 0 Å². The highest BCUT2D eigenvalue weighted by Gasteiger charge is 2.37. The number of ether oxygens (including phenoxy) is 1. The Morgan fingerprint density at radius 1 is 1.19 bits per heavy atom. The van der Waals surface area contributed by atoms with Crippen LogP contribution in [0.15, 0.2) is 61.1 Å². The van der Waals surface area contributed by atoms with Crippen LogP contribution in [0.25, 0.3) is 11.3 Å². The van der Waals surface area contributed by atoms with Crippen molar-refractivity contribution in [1.82, 2.24) is 19.2 Å². The van der Waals surface area contributed by atoms with Gasteiger partial charge in [-0.05, 0) is 25.8 Å². The maximum absolute atomic E-state index is 12.3. The Labute approximate surface area is 183 Å². The van der Waals surface area contributed by atoms with E-state index in [1.165, 1.54) is 23.7 Å². The topological polar surface area (TPSA) is 99.0 Å². The number of nitrogens with one attached hydrogen (secondary N) is 1. The predicted octanol–water partition coefficient (Wildman–Crippen LogP) is 4.59. The molecular formula is C21H19N5O3S2. The lowest BCUT2D eigenvalue weighted by Crippen LogP contribution is -2.17. The molecule has 5 rings (SSSR count). The Morgan fingerprint density at radius 2 is 2.00 bits per heavy atom. The third-order valence-electron chi connectivity index (χ3n) is 4.73. The van der Waals surface area contributed by atoms with Gasteiger partial charge in [-0.25, -0.2) is 18.4 Å². The first kappa shape index (κ1) is 19.7. The van der Waals surface area contributed by atoms with E-state index in [9.17, 15) is 8.42 Å². The molecule has 1 aliphatic carbocycles. The molecule has 0 spiro atoms. The second-order valence-electron chi connectivity index (χ2n) is 7.18. The number of anilines is 2. The van der Waals surface area contributed by atoms with Gasteiger partial charge in [-0.2, -0.15) is 9.19 Å². The normalized spacial score (nSPS) is 13.8. The van der Waals surface area contributed by atoms with Gasteiger partial charge in [0.1, 0.15) is 17.3 Å². The van der Waals surface area contributed by atoms with Crippen LogP contribution in [0.5, 0.6) is 10.8 Å². The van der Waals surface area contributed by atoms with Gasteiger partial charge in [-0.3, -0.25) is 0 Å². The summed E-state index contributed by atoms with van der Waals surface area (Å²) in [6, 6.07) is 13.4. The van der Waals surface area contributed by atoms with Crippen molar-refractivity contribution in [2.75, 3.05) is 5.32 Å². The van der Waals surface area contributed by atoms with Crippen molar-refractivity contribution < 1.29 is 13.2 Å². The summed E-state index contributed by atoms with van der Waals surface area (Å²) in [6.45, 7) is 1.94. The minimum Gasteiger partial charge on any atom is -0.444 e. The fourth-order valence-corrected chi connectivity index (χ4v) is 5.36. The molecule has 0 saturated heterocycles. The van der Waals surface area contributed by atoms with Gasteiger partial charge in [0.05, 0.1) is 28.3 Å². The van der Waals surface area contributed by atoms with E-state index in [1.807, 2.05) is 37.3 Å². The fourth-order valence-electron chi connectivity index (χ4n) is 3.08. The lowest BCUT2D eigenvalue weighted by Gasteiger charge is -2.08. The first-order chi connectivity index (χ1) is 15.0. The van der Waals surface area contributed by atoms with Crippen molar-refractivity contribution in [3.8, 4) is 22.1 Å². The van der Waals surface area contributed by atoms with Gasteiger partial charge < -0.3 is 10.1 Å². The highest BCUT2D eigenvalue weighted by molar-refractivity contribution is 7.90. The van der Waals surface area contributed by atoms with E-state index in [2.05, 4.69) is 20.4 Å². The number of pyridine rings is 1. The molecule has 31 heavy (non-hydrogen) atoms. The van der Waals surface area contributed by atoms with Crippen molar-refractivity contribution in [3.63, 3.8) is 0 Å². The summed E-state index contributed by atoms with van der Waals surface area (Å²) in [5, 5.41) is 8.35. The molecule has 10 heteroatoms. The van der Waals surface area contributed by atoms with Gasteiger partial charge in [0.2, 0.25) is 5.06 Å². The average molecular weight is 454 g/mol. The van der Waals surface area contributed by atoms with Crippen LogP contribution < -0.4 is 10.1 Å². The van der Waals surface area contributed by atoms with Crippen LogP contribution in [0.4, 0.5) is 11.5 Å². The van der Waals surface area contributed by atoms with Crippen LogP contribution in [0, 0.1) is 6.92 Å². The number of rotatable bonds is 7. The lowest BCUT2D eigenvalue weighted by molar-refractivity contribution is 0.496. The third-order valence-corrected chi connectivity index (χ3v) is 7.61. The maximum atomic E-state index is 12.3. The van der Waals surface area contributed by atoms with Gasteiger partial charge in [0, 0.05) is 17.8 Å². The van der Waals surface area contributed by atoms with Gasteiger partial charge >= 0.3 is 0 Å². The zero-order valence-corrected chi connectivity index (χ0v) is 18.2. The molecule has 8 nitrogen and oxygen atoms in total. The molecule has 1 saturated carbocycles. The Morgan fingerprint density at radius 3 is 2.77 bits per heavy atom. The molecule has 3 heterocycles. The van der Waals surface area contributed by atoms with E-state index in [0.717, 1.165) is 20.4 Å². The summed E-state index contributed by atoms with van der Waals surface area (Å²) in [6.07, 6.45) is 5.93. The summed E-state index contributed by atoms with van der Waals surface area (Å²) < 4.78 is 31.8. The molecule has 4 aromatic rings. The summed E-state index contributed by atoms with van der Waals surface area (Å²) in [7, 11) is -3.40. The Bertz CT molecular complexity index is 1330. The Balaban J connectivity index is 1.36. The minimum atomic E-state index is -3.40. The van der Waals surface area contributed by atoms with E-state index in [4.69, 9.17) is 4.74 Å². The van der Waals surface area contributed by atoms with E-state index in [0.29, 0.717) is 35.2 Å². The van der Waals surface area contributed by atoms with Gasteiger partial charge in [0.25, 0.3) is 10.0 Å². The predicted molar refractivity (Wildman–Crippen MR) is 119 cm³/mol. The van der Waals surface area contributed by atoms with Crippen molar-refractivity contribution >= 4 is 32.9 Å². The molecule has 0 aliphatic heterocycles. The van der Waals surface area contributed by atoms with Crippen LogP contribution >= 0.6 is 11.3 Å². The Kier molecular flexibility index (Phi) is 4.95. The first-order valence-corrected chi connectivity index (χ1v) is 12.0. The first-order valence-electron chi connectivity index (χ1n) is 9.72. The molecule has 3 aromatic heterocycles. The van der Waals surface area contributed by atoms with Crippen LogP contribution in [-0.4, -0.2) is 32.8 Å². The number of hydrogen-bond donors (Lipinski definition) is 1. The summed E-state index contributed by atoms with van der Waals surface area (Å²) in [5.74, 6) is 1.11. The summed E-state index contributed by atoms with van der Waals surface area (Å²) in [5.41, 5.74) is 2.31. The second kappa shape index (κ2) is 7.78. The maximum Gasteiger partial charge on any atom is 0.256 e. The lowest BCUT2D eigenvalue weighted by atomic mass is 10.2. The van der Waals surface area contributed by atoms with Crippen LogP contribution in [0.3, 0.4) is 0 Å². The highest BCUT2D eigenvalue weighted by Crippen LogP contribution is 2.38. The number of aromatic nitrogens is 4. The molecular weight excluding hydrogens is 434 g/mol. The van der Waals surface area contributed by atoms with E-state index in [1.54, 1.807) is 18.3 Å². The Hall–Kier alpha value is -3.24. The number of thiazole rings is 1. The quantitative estimate of drug-likeness (QED) is 0.437. The molecule has 158 valence electrons. The molecule has 0 amide bonds. The largest absolute Gasteiger partial charge is 0.444 e. The molecule has 1 N–H and O–H groups in total. The van der Waals surface area contributed by atoms with E-state index in [-0.39, 0.29) is 5.25 Å². The molecule has 1 fully saturated rings. The number of aryl methyl sites for hydroxylation is 1. The zero-order chi connectivity index (χ0) is 21.4. The highest BCUT2D eigenvalue weighted by atomic mass is 32.2. The molecule has 0 unspecified atom stereocenters. The average Bonchev–Trinajstić information content (AvgIpc) is 3.42. The number of hydrogen-bond acceptors (Lipinski definition) is 8. The standard InChI is InChI=1S/C21H19N5O3S2/c1-14-24-20(15-5-3-2-4-6-15)21(30-14)29-17-9-10-22-19(11-17)25-16-12-23-26(13-16)31(27,28)18-7-8-18/h2-6,9-13,18H,7-8H2,1H3,(H,22,25). The molecule has 0 bridgehead atoms. The monoisotopic (exact) mass is 453 g/mol. The van der Waals surface area contributed by atoms with Gasteiger partial charge in [-0.15, -0.1) is 0 Å². The fraction of sp³-hybridized carbons (Fsp3) is 0.190. The van der Waals surface area contributed by atoms with Gasteiger partial charge in [0.15, 0.2) is 0 Å². The van der Waals surface area contributed by atoms with Crippen molar-refractivity contribution in [3.05, 3.63) is 66.1 Å². The van der Waals surface area contributed by atoms with Gasteiger partial charge in [-0.1, -0.05) is 41.7 Å². The summed E-state index contributed by atoms with van der Waals surface area (Å²) in [4.78, 5) is 8.90. The van der Waals surface area contributed by atoms with E-state index < -0.39 is 10.0 Å². The zero-order valence-electron chi connectivity index (χ0n) is 16.6. The summed E-state index contributed by atoms with van der Waals surface area (Å²) >= 11 is 1.47. The van der Waals surface area contributed by atoms with Crippen LogP contribution in [0.1, 0.15) is 17.8 Å². The van der Waals surface area contributed by atoms with Crippen LogP contribution in [0.2, 0.25) is 0 Å². The molecule has 0 radical (unpaired) electrons.